The molecule has 0 aliphatic carbocycles. The van der Waals surface area contributed by atoms with Crippen LogP contribution >= 0.6 is 19.2 Å². The van der Waals surface area contributed by atoms with Gasteiger partial charge in [0.25, 0.3) is 0 Å². The lowest BCUT2D eigenvalue weighted by molar-refractivity contribution is 0.289. The maximum absolute atomic E-state index is 14.6. The molecular formula is C28H34ClFNO4P. The maximum Gasteiger partial charge on any atom is 0.325 e. The van der Waals surface area contributed by atoms with Crippen LogP contribution in [0.25, 0.3) is 0 Å². The van der Waals surface area contributed by atoms with Crippen LogP contribution in [0.4, 0.5) is 4.39 Å². The molecule has 0 heterocycles. The van der Waals surface area contributed by atoms with Gasteiger partial charge in [-0.15, -0.1) is 0 Å². The van der Waals surface area contributed by atoms with Crippen molar-refractivity contribution in [2.75, 3.05) is 19.3 Å². The van der Waals surface area contributed by atoms with E-state index in [2.05, 4.69) is 43.4 Å². The van der Waals surface area contributed by atoms with E-state index in [1.165, 1.54) is 22.8 Å². The first-order valence-electron chi connectivity index (χ1n) is 12.1. The van der Waals surface area contributed by atoms with Gasteiger partial charge in [-0.05, 0) is 91.7 Å². The monoisotopic (exact) mass is 533 g/mol. The van der Waals surface area contributed by atoms with Crippen molar-refractivity contribution in [3.05, 3.63) is 99.3 Å². The van der Waals surface area contributed by atoms with Gasteiger partial charge in [-0.1, -0.05) is 48.0 Å². The average Bonchev–Trinajstić information content (AvgIpc) is 2.81. The van der Waals surface area contributed by atoms with Crippen LogP contribution in [-0.2, 0) is 11.1 Å². The highest BCUT2D eigenvalue weighted by atomic mass is 35.5. The molecule has 0 aromatic heterocycles. The van der Waals surface area contributed by atoms with E-state index in [1.54, 1.807) is 12.1 Å². The van der Waals surface area contributed by atoms with Crippen molar-refractivity contribution in [1.82, 2.24) is 5.32 Å². The first kappa shape index (κ1) is 28.4. The normalized spacial score (nSPS) is 12.5. The minimum atomic E-state index is -3.98. The number of ether oxygens (including phenoxy) is 1. The van der Waals surface area contributed by atoms with Crippen molar-refractivity contribution in [2.45, 2.75) is 45.6 Å². The number of halogens is 2. The Labute approximate surface area is 217 Å². The molecule has 3 N–H and O–H groups in total. The van der Waals surface area contributed by atoms with E-state index >= 15 is 0 Å². The molecule has 0 spiro atoms. The third-order valence-electron chi connectivity index (χ3n) is 6.21. The molecule has 0 amide bonds. The van der Waals surface area contributed by atoms with Crippen molar-refractivity contribution < 1.29 is 23.5 Å². The van der Waals surface area contributed by atoms with Gasteiger partial charge in [-0.25, -0.2) is 4.39 Å². The second-order valence-corrected chi connectivity index (χ2v) is 11.3. The van der Waals surface area contributed by atoms with Crippen molar-refractivity contribution in [3.8, 4) is 5.75 Å². The summed E-state index contributed by atoms with van der Waals surface area (Å²) in [6, 6.07) is 19.3. The van der Waals surface area contributed by atoms with Crippen LogP contribution in [0.2, 0.25) is 5.02 Å². The van der Waals surface area contributed by atoms with Gasteiger partial charge in [0.2, 0.25) is 0 Å². The number of aryl methyl sites for hydroxylation is 2. The number of benzene rings is 3. The number of hydrogen-bond acceptors (Lipinski definition) is 3. The summed E-state index contributed by atoms with van der Waals surface area (Å²) < 4.78 is 31.2. The van der Waals surface area contributed by atoms with Crippen molar-refractivity contribution in [3.63, 3.8) is 0 Å². The zero-order chi connectivity index (χ0) is 26.1. The van der Waals surface area contributed by atoms with Gasteiger partial charge in [0.15, 0.2) is 11.6 Å². The Bertz CT molecular complexity index is 1200. The Hall–Kier alpha value is -2.21. The first-order chi connectivity index (χ1) is 17.1. The zero-order valence-corrected chi connectivity index (χ0v) is 22.4. The Balaban J connectivity index is 1.54. The maximum atomic E-state index is 14.6. The Kier molecular flexibility index (Phi) is 10.5. The summed E-state index contributed by atoms with van der Waals surface area (Å²) in [6.07, 6.45) is 1.77. The van der Waals surface area contributed by atoms with Crippen molar-refractivity contribution in [1.29, 1.82) is 0 Å². The summed E-state index contributed by atoms with van der Waals surface area (Å²) in [4.78, 5) is 17.8. The van der Waals surface area contributed by atoms with E-state index in [0.29, 0.717) is 31.1 Å². The number of hydrogen-bond donors (Lipinski definition) is 3. The van der Waals surface area contributed by atoms with E-state index in [1.807, 2.05) is 18.2 Å². The zero-order valence-electron chi connectivity index (χ0n) is 20.7. The molecule has 3 aromatic rings. The molecule has 0 fully saturated rings. The van der Waals surface area contributed by atoms with E-state index in [4.69, 9.17) is 26.1 Å². The van der Waals surface area contributed by atoms with E-state index in [-0.39, 0.29) is 17.8 Å². The third-order valence-corrected chi connectivity index (χ3v) is 7.34. The van der Waals surface area contributed by atoms with Crippen molar-refractivity contribution >= 4 is 19.2 Å². The fraction of sp³-hybridized carbons (Fsp3) is 0.357. The molecule has 0 aliphatic heterocycles. The summed E-state index contributed by atoms with van der Waals surface area (Å²) in [5.41, 5.74) is 5.61. The highest BCUT2D eigenvalue weighted by Crippen LogP contribution is 2.34. The SMILES string of the molecule is Cc1ccc(C(CCCOc2ccc(CNCCCP(=O)(O)O)cc2F)c2cccc(Cl)c2)cc1C. The van der Waals surface area contributed by atoms with Crippen LogP contribution in [0.15, 0.2) is 60.7 Å². The van der Waals surface area contributed by atoms with Crippen LogP contribution < -0.4 is 10.1 Å². The van der Waals surface area contributed by atoms with Gasteiger partial charge in [0.05, 0.1) is 12.8 Å². The fourth-order valence-electron chi connectivity index (χ4n) is 4.11. The van der Waals surface area contributed by atoms with Crippen molar-refractivity contribution in [2.24, 2.45) is 0 Å². The molecule has 0 saturated carbocycles. The van der Waals surface area contributed by atoms with Crippen LogP contribution in [0, 0.1) is 19.7 Å². The molecule has 0 bridgehead atoms. The Morgan fingerprint density at radius 3 is 2.47 bits per heavy atom. The summed E-state index contributed by atoms with van der Waals surface area (Å²) in [7, 11) is -3.98. The first-order valence-corrected chi connectivity index (χ1v) is 14.3. The van der Waals surface area contributed by atoms with Crippen LogP contribution in [0.3, 0.4) is 0 Å². The quantitative estimate of drug-likeness (QED) is 0.167. The lowest BCUT2D eigenvalue weighted by Gasteiger charge is -2.20. The molecule has 8 heteroatoms. The summed E-state index contributed by atoms with van der Waals surface area (Å²) >= 11 is 6.27. The van der Waals surface area contributed by atoms with E-state index in [9.17, 15) is 8.96 Å². The molecular weight excluding hydrogens is 500 g/mol. The Morgan fingerprint density at radius 2 is 1.78 bits per heavy atom. The molecule has 0 aliphatic rings. The molecule has 0 radical (unpaired) electrons. The summed E-state index contributed by atoms with van der Waals surface area (Å²) in [5, 5.41) is 3.77. The van der Waals surface area contributed by atoms with Crippen LogP contribution in [0.5, 0.6) is 5.75 Å². The number of nitrogens with one attached hydrogen (secondary N) is 1. The summed E-state index contributed by atoms with van der Waals surface area (Å²) in [6.45, 7) is 5.46. The molecule has 36 heavy (non-hydrogen) atoms. The molecule has 3 aromatic carbocycles. The van der Waals surface area contributed by atoms with Gasteiger partial charge >= 0.3 is 7.60 Å². The third kappa shape index (κ3) is 9.02. The van der Waals surface area contributed by atoms with Crippen LogP contribution in [-0.4, -0.2) is 29.1 Å². The minimum absolute atomic E-state index is 0.162. The molecule has 0 saturated heterocycles. The highest BCUT2D eigenvalue weighted by molar-refractivity contribution is 7.51. The minimum Gasteiger partial charge on any atom is -0.491 e. The van der Waals surface area contributed by atoms with Gasteiger partial charge in [0, 0.05) is 17.5 Å². The Morgan fingerprint density at radius 1 is 1.00 bits per heavy atom. The molecule has 1 atom stereocenters. The molecule has 5 nitrogen and oxygen atoms in total. The summed E-state index contributed by atoms with van der Waals surface area (Å²) in [5.74, 6) is -0.0497. The second kappa shape index (κ2) is 13.4. The van der Waals surface area contributed by atoms with Gasteiger partial charge < -0.3 is 19.8 Å². The van der Waals surface area contributed by atoms with Gasteiger partial charge in [-0.2, -0.15) is 0 Å². The van der Waals surface area contributed by atoms with E-state index < -0.39 is 13.4 Å². The predicted octanol–water partition coefficient (Wildman–Crippen LogP) is 6.74. The number of rotatable bonds is 13. The largest absolute Gasteiger partial charge is 0.491 e. The van der Waals surface area contributed by atoms with Gasteiger partial charge in [0.1, 0.15) is 0 Å². The smallest absolute Gasteiger partial charge is 0.325 e. The van der Waals surface area contributed by atoms with Gasteiger partial charge in [-0.3, -0.25) is 4.57 Å². The topological polar surface area (TPSA) is 78.8 Å². The second-order valence-electron chi connectivity index (χ2n) is 9.13. The lowest BCUT2D eigenvalue weighted by Crippen LogP contribution is -2.16. The molecule has 1 unspecified atom stereocenters. The predicted molar refractivity (Wildman–Crippen MR) is 144 cm³/mol. The molecule has 194 valence electrons. The highest BCUT2D eigenvalue weighted by Gasteiger charge is 2.16. The standard InChI is InChI=1S/C28H34ClFNO4P/c1-20-9-11-24(16-21(20)2)26(23-6-3-7-25(29)18-23)8-4-14-35-28-12-10-22(17-27(28)30)19-31-13-5-15-36(32,33)34/h3,6-7,9-12,16-18,26,31H,4-5,8,13-15,19H2,1-2H3,(H2,32,33,34). The van der Waals surface area contributed by atoms with E-state index in [0.717, 1.165) is 24.0 Å². The molecule has 3 rings (SSSR count). The average molecular weight is 534 g/mol. The fourth-order valence-corrected chi connectivity index (χ4v) is 4.88. The lowest BCUT2D eigenvalue weighted by atomic mass is 9.86. The van der Waals surface area contributed by atoms with Crippen LogP contribution in [0.1, 0.15) is 53.0 Å².